The molecule has 98 valence electrons. The molecule has 0 aliphatic heterocycles. The molecule has 0 aliphatic carbocycles. The van der Waals surface area contributed by atoms with Gasteiger partial charge >= 0.3 is 11.7 Å². The van der Waals surface area contributed by atoms with Crippen LogP contribution in [0.1, 0.15) is 20.3 Å². The maximum Gasteiger partial charge on any atom is 0.312 e. The smallest absolute Gasteiger partial charge is 0.312 e. The van der Waals surface area contributed by atoms with Gasteiger partial charge in [0.15, 0.2) is 0 Å². The van der Waals surface area contributed by atoms with Crippen molar-refractivity contribution in [1.29, 1.82) is 0 Å². The third kappa shape index (κ3) is 3.85. The molecule has 0 fully saturated rings. The van der Waals surface area contributed by atoms with Gasteiger partial charge in [-0.15, -0.1) is 0 Å². The highest BCUT2D eigenvalue weighted by Gasteiger charge is 2.26. The first kappa shape index (κ1) is 14.2. The van der Waals surface area contributed by atoms with E-state index in [1.165, 1.54) is 6.20 Å². The molecule has 0 unspecified atom stereocenters. The van der Waals surface area contributed by atoms with E-state index in [-0.39, 0.29) is 22.9 Å². The molecule has 0 amide bonds. The molecule has 0 spiro atoms. The summed E-state index contributed by atoms with van der Waals surface area (Å²) < 4.78 is 0. The van der Waals surface area contributed by atoms with Crippen LogP contribution in [0.4, 0.5) is 11.5 Å². The molecule has 2 N–H and O–H groups in total. The Bertz CT molecular complexity index is 490. The summed E-state index contributed by atoms with van der Waals surface area (Å²) in [5, 5.41) is 22.4. The number of rotatable bonds is 5. The molecular formula is C10H12ClN3O4. The normalized spacial score (nSPS) is 11.1. The third-order valence-electron chi connectivity index (χ3n) is 2.08. The SMILES string of the molecule is CC(C)(CC(=O)O)Nc1ncc(Cl)cc1[N+](=O)[O-]. The number of aliphatic carboxylic acids is 1. The lowest BCUT2D eigenvalue weighted by Gasteiger charge is -2.24. The number of carboxylic acids is 1. The second kappa shape index (κ2) is 5.18. The van der Waals surface area contributed by atoms with Crippen LogP contribution < -0.4 is 5.32 Å². The van der Waals surface area contributed by atoms with E-state index in [0.717, 1.165) is 6.07 Å². The first-order valence-electron chi connectivity index (χ1n) is 5.01. The Kier molecular flexibility index (Phi) is 4.07. The zero-order chi connectivity index (χ0) is 13.9. The van der Waals surface area contributed by atoms with Crippen molar-refractivity contribution in [3.63, 3.8) is 0 Å². The lowest BCUT2D eigenvalue weighted by molar-refractivity contribution is -0.384. The van der Waals surface area contributed by atoms with Crippen LogP contribution in [0.25, 0.3) is 0 Å². The molecule has 1 heterocycles. The van der Waals surface area contributed by atoms with Crippen molar-refractivity contribution >= 4 is 29.1 Å². The summed E-state index contributed by atoms with van der Waals surface area (Å²) in [6, 6.07) is 1.16. The quantitative estimate of drug-likeness (QED) is 0.630. The summed E-state index contributed by atoms with van der Waals surface area (Å²) in [6.07, 6.45) is 1.06. The largest absolute Gasteiger partial charge is 0.481 e. The summed E-state index contributed by atoms with van der Waals surface area (Å²) >= 11 is 5.63. The van der Waals surface area contributed by atoms with Crippen LogP contribution in [0, 0.1) is 10.1 Å². The highest BCUT2D eigenvalue weighted by molar-refractivity contribution is 6.30. The summed E-state index contributed by atoms with van der Waals surface area (Å²) in [4.78, 5) is 24.7. The first-order chi connectivity index (χ1) is 8.21. The Hall–Kier alpha value is -1.89. The van der Waals surface area contributed by atoms with E-state index in [1.54, 1.807) is 13.8 Å². The topological polar surface area (TPSA) is 105 Å². The van der Waals surface area contributed by atoms with E-state index in [4.69, 9.17) is 16.7 Å². The lowest BCUT2D eigenvalue weighted by Crippen LogP contribution is -2.34. The van der Waals surface area contributed by atoms with E-state index in [2.05, 4.69) is 10.3 Å². The number of anilines is 1. The van der Waals surface area contributed by atoms with Crippen molar-refractivity contribution in [2.24, 2.45) is 0 Å². The fourth-order valence-corrected chi connectivity index (χ4v) is 1.56. The minimum absolute atomic E-state index is 0.00403. The van der Waals surface area contributed by atoms with E-state index in [9.17, 15) is 14.9 Å². The van der Waals surface area contributed by atoms with Crippen molar-refractivity contribution in [2.45, 2.75) is 25.8 Å². The molecule has 7 nitrogen and oxygen atoms in total. The van der Waals surface area contributed by atoms with E-state index in [0.29, 0.717) is 0 Å². The zero-order valence-electron chi connectivity index (χ0n) is 9.81. The third-order valence-corrected chi connectivity index (χ3v) is 2.29. The standard InChI is InChI=1S/C10H12ClN3O4/c1-10(2,4-8(15)16)13-9-7(14(17)18)3-6(11)5-12-9/h3,5H,4H2,1-2H3,(H,12,13)(H,15,16). The number of pyridine rings is 1. The van der Waals surface area contributed by atoms with Crippen molar-refractivity contribution in [1.82, 2.24) is 4.98 Å². The van der Waals surface area contributed by atoms with Gasteiger partial charge in [-0.2, -0.15) is 0 Å². The fourth-order valence-electron chi connectivity index (χ4n) is 1.41. The van der Waals surface area contributed by atoms with Gasteiger partial charge in [-0.3, -0.25) is 14.9 Å². The Morgan fingerprint density at radius 2 is 2.28 bits per heavy atom. The molecule has 8 heteroatoms. The van der Waals surface area contributed by atoms with Crippen LogP contribution in [0.15, 0.2) is 12.3 Å². The van der Waals surface area contributed by atoms with Crippen LogP contribution in [-0.2, 0) is 4.79 Å². The van der Waals surface area contributed by atoms with Crippen LogP contribution in [0.2, 0.25) is 5.02 Å². The van der Waals surface area contributed by atoms with Crippen molar-refractivity contribution < 1.29 is 14.8 Å². The molecule has 0 atom stereocenters. The highest BCUT2D eigenvalue weighted by Crippen LogP contribution is 2.28. The minimum Gasteiger partial charge on any atom is -0.481 e. The maximum absolute atomic E-state index is 10.8. The molecule has 0 saturated heterocycles. The van der Waals surface area contributed by atoms with Gasteiger partial charge in [0.1, 0.15) is 0 Å². The Balaban J connectivity index is 3.03. The van der Waals surface area contributed by atoms with E-state index >= 15 is 0 Å². The lowest BCUT2D eigenvalue weighted by atomic mass is 10.0. The highest BCUT2D eigenvalue weighted by atomic mass is 35.5. The van der Waals surface area contributed by atoms with Gasteiger partial charge in [0.2, 0.25) is 5.82 Å². The van der Waals surface area contributed by atoms with Crippen molar-refractivity contribution in [3.05, 3.63) is 27.4 Å². The maximum atomic E-state index is 10.8. The molecule has 0 aromatic carbocycles. The van der Waals surface area contributed by atoms with E-state index in [1.807, 2.05) is 0 Å². The van der Waals surface area contributed by atoms with Crippen LogP contribution in [-0.4, -0.2) is 26.5 Å². The summed E-state index contributed by atoms with van der Waals surface area (Å²) in [7, 11) is 0. The number of carbonyl (C=O) groups is 1. The Morgan fingerprint density at radius 3 is 2.78 bits per heavy atom. The number of nitrogens with one attached hydrogen (secondary N) is 1. The molecule has 0 bridgehead atoms. The van der Waals surface area contributed by atoms with Crippen molar-refractivity contribution in [3.8, 4) is 0 Å². The molecule has 0 saturated carbocycles. The Morgan fingerprint density at radius 1 is 1.67 bits per heavy atom. The number of aromatic nitrogens is 1. The number of carboxylic acid groups (broad SMARTS) is 1. The number of halogens is 1. The number of nitro groups is 1. The molecule has 1 rings (SSSR count). The van der Waals surface area contributed by atoms with E-state index < -0.39 is 16.4 Å². The van der Waals surface area contributed by atoms with Crippen LogP contribution in [0.5, 0.6) is 0 Å². The number of hydrogen-bond acceptors (Lipinski definition) is 5. The molecule has 0 aliphatic rings. The second-order valence-corrected chi connectivity index (χ2v) is 4.79. The average Bonchev–Trinajstić information content (AvgIpc) is 2.18. The predicted octanol–water partition coefficient (Wildman–Crippen LogP) is 2.31. The first-order valence-corrected chi connectivity index (χ1v) is 5.39. The summed E-state index contributed by atoms with van der Waals surface area (Å²) in [5.41, 5.74) is -1.15. The van der Waals surface area contributed by atoms with Crippen molar-refractivity contribution in [2.75, 3.05) is 5.32 Å². The van der Waals surface area contributed by atoms with Gasteiger partial charge < -0.3 is 10.4 Å². The van der Waals surface area contributed by atoms with Gasteiger partial charge in [0.05, 0.1) is 16.4 Å². The van der Waals surface area contributed by atoms with Gasteiger partial charge in [0, 0.05) is 17.8 Å². The number of hydrogen-bond donors (Lipinski definition) is 2. The summed E-state index contributed by atoms with van der Waals surface area (Å²) in [6.45, 7) is 3.22. The minimum atomic E-state index is -1.01. The monoisotopic (exact) mass is 273 g/mol. The predicted molar refractivity (Wildman–Crippen MR) is 65.9 cm³/mol. The average molecular weight is 274 g/mol. The second-order valence-electron chi connectivity index (χ2n) is 4.36. The fraction of sp³-hybridized carbons (Fsp3) is 0.400. The van der Waals surface area contributed by atoms with Crippen LogP contribution >= 0.6 is 11.6 Å². The summed E-state index contributed by atoms with van der Waals surface area (Å²) in [5.74, 6) is -1.01. The molecule has 1 aromatic rings. The molecule has 18 heavy (non-hydrogen) atoms. The number of nitrogens with zero attached hydrogens (tertiary/aromatic N) is 2. The molecular weight excluding hydrogens is 262 g/mol. The zero-order valence-corrected chi connectivity index (χ0v) is 10.6. The van der Waals surface area contributed by atoms with Gasteiger partial charge in [-0.05, 0) is 13.8 Å². The molecule has 1 aromatic heterocycles. The van der Waals surface area contributed by atoms with Gasteiger partial charge in [0.25, 0.3) is 0 Å². The van der Waals surface area contributed by atoms with Gasteiger partial charge in [-0.1, -0.05) is 11.6 Å². The van der Waals surface area contributed by atoms with Crippen LogP contribution in [0.3, 0.4) is 0 Å². The Labute approximate surface area is 108 Å². The molecule has 0 radical (unpaired) electrons. The van der Waals surface area contributed by atoms with Gasteiger partial charge in [-0.25, -0.2) is 4.98 Å².